The van der Waals surface area contributed by atoms with Crippen molar-refractivity contribution in [3.8, 4) is 5.75 Å². The van der Waals surface area contributed by atoms with Crippen LogP contribution in [0.5, 0.6) is 5.75 Å². The van der Waals surface area contributed by atoms with E-state index >= 15 is 0 Å². The molecule has 3 rings (SSSR count). The van der Waals surface area contributed by atoms with Crippen molar-refractivity contribution in [3.05, 3.63) is 29.8 Å². The first-order chi connectivity index (χ1) is 14.3. The predicted octanol–water partition coefficient (Wildman–Crippen LogP) is 1.55. The van der Waals surface area contributed by atoms with E-state index in [0.717, 1.165) is 63.2 Å². The Balaban J connectivity index is 1.39. The summed E-state index contributed by atoms with van der Waals surface area (Å²) in [6, 6.07) is 8.23. The molecule has 0 aromatic heterocycles. The van der Waals surface area contributed by atoms with E-state index in [9.17, 15) is 0 Å². The normalized spacial score (nSPS) is 19.1. The van der Waals surface area contributed by atoms with Crippen molar-refractivity contribution in [2.24, 2.45) is 4.99 Å². The topological polar surface area (TPSA) is 61.4 Å². The van der Waals surface area contributed by atoms with Crippen LogP contribution in [0.3, 0.4) is 0 Å². The second-order valence-corrected chi connectivity index (χ2v) is 7.67. The number of nitrogens with one attached hydrogen (secondary N) is 2. The van der Waals surface area contributed by atoms with Gasteiger partial charge in [0, 0.05) is 51.9 Å². The average molecular weight is 404 g/mol. The van der Waals surface area contributed by atoms with Crippen molar-refractivity contribution in [3.63, 3.8) is 0 Å². The van der Waals surface area contributed by atoms with Gasteiger partial charge in [-0.25, -0.2) is 0 Å². The average Bonchev–Trinajstić information content (AvgIpc) is 2.78. The molecule has 162 valence electrons. The van der Waals surface area contributed by atoms with Crippen LogP contribution in [0.1, 0.15) is 24.8 Å². The molecule has 2 saturated heterocycles. The van der Waals surface area contributed by atoms with E-state index in [1.54, 1.807) is 0 Å². The smallest absolute Gasteiger partial charge is 0.191 e. The highest BCUT2D eigenvalue weighted by molar-refractivity contribution is 5.79. The lowest BCUT2D eigenvalue weighted by atomic mass is 10.1. The summed E-state index contributed by atoms with van der Waals surface area (Å²) in [4.78, 5) is 9.27. The third-order valence-corrected chi connectivity index (χ3v) is 5.58. The highest BCUT2D eigenvalue weighted by Crippen LogP contribution is 2.17. The maximum Gasteiger partial charge on any atom is 0.191 e. The number of hydrogen-bond acceptors (Lipinski definition) is 5. The van der Waals surface area contributed by atoms with Gasteiger partial charge in [-0.15, -0.1) is 0 Å². The van der Waals surface area contributed by atoms with Crippen molar-refractivity contribution < 1.29 is 9.47 Å². The predicted molar refractivity (Wildman–Crippen MR) is 118 cm³/mol. The maximum atomic E-state index is 6.08. The third-order valence-electron chi connectivity index (χ3n) is 5.58. The third kappa shape index (κ3) is 7.84. The molecular formula is C22H37N5O2. The molecule has 0 aliphatic carbocycles. The van der Waals surface area contributed by atoms with Gasteiger partial charge in [0.25, 0.3) is 0 Å². The second-order valence-electron chi connectivity index (χ2n) is 7.67. The van der Waals surface area contributed by atoms with Crippen molar-refractivity contribution in [1.29, 1.82) is 0 Å². The number of rotatable bonds is 9. The van der Waals surface area contributed by atoms with Gasteiger partial charge in [0.15, 0.2) is 5.96 Å². The molecule has 0 bridgehead atoms. The number of para-hydroxylation sites is 1. The number of guanidine groups is 1. The van der Waals surface area contributed by atoms with Gasteiger partial charge in [-0.3, -0.25) is 9.89 Å². The van der Waals surface area contributed by atoms with Gasteiger partial charge < -0.3 is 25.0 Å². The quantitative estimate of drug-likeness (QED) is 0.482. The van der Waals surface area contributed by atoms with Crippen LogP contribution < -0.4 is 15.4 Å². The minimum atomic E-state index is 0.692. The molecule has 0 atom stereocenters. The Morgan fingerprint density at radius 3 is 2.55 bits per heavy atom. The van der Waals surface area contributed by atoms with Gasteiger partial charge in [-0.2, -0.15) is 0 Å². The molecule has 2 heterocycles. The number of ether oxygens (including phenoxy) is 2. The van der Waals surface area contributed by atoms with Crippen LogP contribution >= 0.6 is 0 Å². The summed E-state index contributed by atoms with van der Waals surface area (Å²) in [6.07, 6.45) is 4.03. The van der Waals surface area contributed by atoms with Gasteiger partial charge in [-0.05, 0) is 32.0 Å². The Hall–Kier alpha value is -1.83. The van der Waals surface area contributed by atoms with Gasteiger partial charge in [-0.1, -0.05) is 24.6 Å². The Kier molecular flexibility index (Phi) is 9.56. The molecule has 29 heavy (non-hydrogen) atoms. The monoisotopic (exact) mass is 403 g/mol. The molecule has 2 aliphatic rings. The molecule has 2 aliphatic heterocycles. The zero-order chi connectivity index (χ0) is 20.2. The minimum Gasteiger partial charge on any atom is -0.492 e. The van der Waals surface area contributed by atoms with Crippen LogP contribution in [0.15, 0.2) is 29.3 Å². The lowest BCUT2D eigenvalue weighted by molar-refractivity contribution is 0.0322. The van der Waals surface area contributed by atoms with E-state index in [2.05, 4.69) is 37.6 Å². The first-order valence-electron chi connectivity index (χ1n) is 11.0. The zero-order valence-electron chi connectivity index (χ0n) is 17.9. The molecule has 1 aromatic carbocycles. The molecule has 2 N–H and O–H groups in total. The van der Waals surface area contributed by atoms with E-state index in [4.69, 9.17) is 9.47 Å². The van der Waals surface area contributed by atoms with Gasteiger partial charge >= 0.3 is 0 Å². The summed E-state index contributed by atoms with van der Waals surface area (Å²) in [7, 11) is 1.82. The number of hydrogen-bond donors (Lipinski definition) is 2. The first kappa shape index (κ1) is 21.9. The number of piperidine rings is 1. The van der Waals surface area contributed by atoms with Gasteiger partial charge in [0.05, 0.1) is 13.2 Å². The zero-order valence-corrected chi connectivity index (χ0v) is 17.9. The molecule has 0 saturated carbocycles. The molecule has 7 nitrogen and oxygen atoms in total. The Morgan fingerprint density at radius 2 is 1.76 bits per heavy atom. The van der Waals surface area contributed by atoms with Crippen molar-refractivity contribution in [2.45, 2.75) is 25.8 Å². The van der Waals surface area contributed by atoms with Gasteiger partial charge in [0.1, 0.15) is 12.4 Å². The van der Waals surface area contributed by atoms with E-state index in [-0.39, 0.29) is 0 Å². The summed E-state index contributed by atoms with van der Waals surface area (Å²) >= 11 is 0. The van der Waals surface area contributed by atoms with E-state index in [1.165, 1.54) is 32.4 Å². The molecular weight excluding hydrogens is 366 g/mol. The lowest BCUT2D eigenvalue weighted by Gasteiger charge is -2.27. The highest BCUT2D eigenvalue weighted by Gasteiger charge is 2.11. The van der Waals surface area contributed by atoms with Crippen LogP contribution in [0.4, 0.5) is 0 Å². The number of morpholine rings is 1. The summed E-state index contributed by atoms with van der Waals surface area (Å²) in [5.74, 6) is 1.78. The van der Waals surface area contributed by atoms with Crippen molar-refractivity contribution >= 4 is 5.96 Å². The number of benzene rings is 1. The van der Waals surface area contributed by atoms with E-state index in [0.29, 0.717) is 13.2 Å². The lowest BCUT2D eigenvalue weighted by Crippen LogP contribution is -2.42. The summed E-state index contributed by atoms with van der Waals surface area (Å²) in [6.45, 7) is 10.4. The minimum absolute atomic E-state index is 0.692. The van der Waals surface area contributed by atoms with Crippen LogP contribution in [-0.4, -0.2) is 88.4 Å². The number of nitrogens with zero attached hydrogens (tertiary/aromatic N) is 3. The molecule has 7 heteroatoms. The Labute approximate surface area is 175 Å². The summed E-state index contributed by atoms with van der Waals surface area (Å²) < 4.78 is 11.5. The van der Waals surface area contributed by atoms with E-state index < -0.39 is 0 Å². The molecule has 0 spiro atoms. The fourth-order valence-corrected chi connectivity index (χ4v) is 3.82. The van der Waals surface area contributed by atoms with Gasteiger partial charge in [0.2, 0.25) is 0 Å². The summed E-state index contributed by atoms with van der Waals surface area (Å²) in [5, 5.41) is 6.85. The SMILES string of the molecule is CN=C(NCCN1CCCCC1)NCc1ccccc1OCCN1CCOCC1. The standard InChI is InChI=1S/C22H37N5O2/c1-23-22(24-9-12-26-10-5-2-6-11-26)25-19-20-7-3-4-8-21(20)29-18-15-27-13-16-28-17-14-27/h3-4,7-8H,2,5-6,9-19H2,1H3,(H2,23,24,25). The summed E-state index contributed by atoms with van der Waals surface area (Å²) in [5.41, 5.74) is 1.15. The molecule has 2 fully saturated rings. The maximum absolute atomic E-state index is 6.08. The second kappa shape index (κ2) is 12.7. The van der Waals surface area contributed by atoms with Crippen LogP contribution in [0.25, 0.3) is 0 Å². The Morgan fingerprint density at radius 1 is 1.00 bits per heavy atom. The van der Waals surface area contributed by atoms with Crippen LogP contribution in [0, 0.1) is 0 Å². The highest BCUT2D eigenvalue weighted by atomic mass is 16.5. The van der Waals surface area contributed by atoms with Crippen molar-refractivity contribution in [2.75, 3.05) is 72.7 Å². The largest absolute Gasteiger partial charge is 0.492 e. The molecule has 0 amide bonds. The first-order valence-corrected chi connectivity index (χ1v) is 11.0. The fourth-order valence-electron chi connectivity index (χ4n) is 3.82. The molecule has 0 radical (unpaired) electrons. The fraction of sp³-hybridized carbons (Fsp3) is 0.682. The van der Waals surface area contributed by atoms with Crippen molar-refractivity contribution in [1.82, 2.24) is 20.4 Å². The molecule has 0 unspecified atom stereocenters. The Bertz CT molecular complexity index is 613. The van der Waals surface area contributed by atoms with E-state index in [1.807, 2.05) is 19.2 Å². The van der Waals surface area contributed by atoms with Crippen LogP contribution in [0.2, 0.25) is 0 Å². The van der Waals surface area contributed by atoms with Crippen LogP contribution in [-0.2, 0) is 11.3 Å². The number of aliphatic imine (C=N–C) groups is 1. The molecule has 1 aromatic rings. The number of likely N-dealkylation sites (tertiary alicyclic amines) is 1.